The van der Waals surface area contributed by atoms with Gasteiger partial charge in [0.25, 0.3) is 0 Å². The third kappa shape index (κ3) is 5.16. The van der Waals surface area contributed by atoms with Crippen molar-refractivity contribution in [2.75, 3.05) is 18.4 Å². The van der Waals surface area contributed by atoms with Crippen molar-refractivity contribution in [1.29, 1.82) is 0 Å². The summed E-state index contributed by atoms with van der Waals surface area (Å²) in [5.41, 5.74) is 2.15. The smallest absolute Gasteiger partial charge is 0.410 e. The maximum atomic E-state index is 13.5. The molecular weight excluding hydrogens is 433 g/mol. The van der Waals surface area contributed by atoms with Crippen molar-refractivity contribution >= 4 is 22.8 Å². The van der Waals surface area contributed by atoms with Crippen molar-refractivity contribution in [3.8, 4) is 5.69 Å². The van der Waals surface area contributed by atoms with Crippen LogP contribution in [0.3, 0.4) is 0 Å². The van der Waals surface area contributed by atoms with Crippen molar-refractivity contribution < 1.29 is 13.9 Å². The van der Waals surface area contributed by atoms with Crippen molar-refractivity contribution in [3.63, 3.8) is 0 Å². The number of ether oxygens (including phenoxy) is 1. The largest absolute Gasteiger partial charge is 0.444 e. The number of nitrogens with zero attached hydrogens (tertiary/aromatic N) is 4. The number of piperidine rings is 1. The highest BCUT2D eigenvalue weighted by molar-refractivity contribution is 5.92. The minimum Gasteiger partial charge on any atom is -0.444 e. The van der Waals surface area contributed by atoms with Gasteiger partial charge < -0.3 is 15.0 Å². The lowest BCUT2D eigenvalue weighted by Crippen LogP contribution is -2.47. The van der Waals surface area contributed by atoms with Gasteiger partial charge in [0.2, 0.25) is 0 Å². The van der Waals surface area contributed by atoms with Gasteiger partial charge in [0.05, 0.1) is 11.9 Å². The van der Waals surface area contributed by atoms with E-state index in [-0.39, 0.29) is 23.9 Å². The third-order valence-corrected chi connectivity index (χ3v) is 6.32. The van der Waals surface area contributed by atoms with E-state index in [9.17, 15) is 9.18 Å². The molecule has 1 aliphatic heterocycles. The highest BCUT2D eigenvalue weighted by Gasteiger charge is 2.31. The maximum absolute atomic E-state index is 13.5. The molecule has 1 saturated heterocycles. The molecule has 0 radical (unpaired) electrons. The van der Waals surface area contributed by atoms with Crippen LogP contribution in [0.4, 0.5) is 15.0 Å². The number of fused-ring (bicyclic) bond motifs is 1. The van der Waals surface area contributed by atoms with Crippen LogP contribution in [0.25, 0.3) is 16.6 Å². The molecule has 1 N–H and O–H groups in total. The van der Waals surface area contributed by atoms with E-state index in [1.54, 1.807) is 16.8 Å². The number of likely N-dealkylation sites (tertiary alicyclic amines) is 1. The molecule has 0 bridgehead atoms. The van der Waals surface area contributed by atoms with Crippen LogP contribution < -0.4 is 5.32 Å². The summed E-state index contributed by atoms with van der Waals surface area (Å²) in [6.07, 6.45) is 6.27. The van der Waals surface area contributed by atoms with Crippen LogP contribution >= 0.6 is 0 Å². The fourth-order valence-electron chi connectivity index (χ4n) is 4.60. The molecule has 34 heavy (non-hydrogen) atoms. The normalized spacial score (nSPS) is 17.6. The lowest BCUT2D eigenvalue weighted by atomic mass is 9.89. The third-order valence-electron chi connectivity index (χ3n) is 6.32. The number of halogens is 1. The molecule has 0 aliphatic carbocycles. The Morgan fingerprint density at radius 1 is 1.26 bits per heavy atom. The Morgan fingerprint density at radius 3 is 2.68 bits per heavy atom. The number of hydrogen-bond donors (Lipinski definition) is 1. The van der Waals surface area contributed by atoms with Crippen LogP contribution in [0.15, 0.2) is 36.7 Å². The van der Waals surface area contributed by atoms with Gasteiger partial charge in [0.1, 0.15) is 16.9 Å². The molecule has 1 aliphatic rings. The van der Waals surface area contributed by atoms with Gasteiger partial charge in [-0.25, -0.2) is 18.9 Å². The number of rotatable bonds is 5. The quantitative estimate of drug-likeness (QED) is 0.521. The number of carbonyl (C=O) groups excluding carboxylic acids is 1. The monoisotopic (exact) mass is 467 g/mol. The van der Waals surface area contributed by atoms with E-state index < -0.39 is 5.60 Å². The van der Waals surface area contributed by atoms with Gasteiger partial charge in [-0.1, -0.05) is 6.92 Å². The Morgan fingerprint density at radius 2 is 2.00 bits per heavy atom. The summed E-state index contributed by atoms with van der Waals surface area (Å²) in [5, 5.41) is 9.23. The van der Waals surface area contributed by atoms with Gasteiger partial charge >= 0.3 is 6.09 Å². The molecular formula is C26H34FN5O2. The number of carbonyl (C=O) groups is 1. The first kappa shape index (κ1) is 24.0. The summed E-state index contributed by atoms with van der Waals surface area (Å²) in [6.45, 7) is 11.2. The Bertz CT molecular complexity index is 1150. The van der Waals surface area contributed by atoms with Crippen LogP contribution in [0.5, 0.6) is 0 Å². The van der Waals surface area contributed by atoms with Crippen LogP contribution in [-0.2, 0) is 4.74 Å². The number of anilines is 1. The summed E-state index contributed by atoms with van der Waals surface area (Å²) in [6, 6.07) is 6.42. The average Bonchev–Trinajstić information content (AvgIpc) is 3.24. The molecule has 2 atom stereocenters. The molecule has 8 heteroatoms. The molecule has 4 rings (SSSR count). The second kappa shape index (κ2) is 9.60. The SMILES string of the molecule is CCC(Nc1ncc(C)c2cnn(-c3ccc(F)cc3)c12)C1CCCN(C(=O)OC(C)(C)C)C1. The molecule has 7 nitrogen and oxygen atoms in total. The number of pyridine rings is 1. The molecule has 1 fully saturated rings. The van der Waals surface area contributed by atoms with Gasteiger partial charge in [0, 0.05) is 30.7 Å². The molecule has 1 aromatic carbocycles. The van der Waals surface area contributed by atoms with Gasteiger partial charge in [-0.15, -0.1) is 0 Å². The van der Waals surface area contributed by atoms with Gasteiger partial charge in [0.15, 0.2) is 5.82 Å². The van der Waals surface area contributed by atoms with E-state index in [1.807, 2.05) is 45.0 Å². The Labute approximate surface area is 200 Å². The standard InChI is InChI=1S/C26H34FN5O2/c1-6-22(18-8-7-13-31(16-18)25(33)34-26(3,4)5)30-24-23-21(17(2)14-28-24)15-29-32(23)20-11-9-19(27)10-12-20/h9-12,14-15,18,22H,6-8,13,16H2,1-5H3,(H,28,30). The molecule has 2 unspecified atom stereocenters. The van der Waals surface area contributed by atoms with Crippen LogP contribution in [0.1, 0.15) is 52.5 Å². The van der Waals surface area contributed by atoms with E-state index >= 15 is 0 Å². The zero-order chi connectivity index (χ0) is 24.5. The first-order valence-electron chi connectivity index (χ1n) is 12.0. The molecule has 3 aromatic rings. The highest BCUT2D eigenvalue weighted by Crippen LogP contribution is 2.30. The zero-order valence-electron chi connectivity index (χ0n) is 20.6. The van der Waals surface area contributed by atoms with E-state index in [4.69, 9.17) is 9.72 Å². The summed E-state index contributed by atoms with van der Waals surface area (Å²) in [5.74, 6) is 0.723. The van der Waals surface area contributed by atoms with E-state index in [2.05, 4.69) is 17.3 Å². The maximum Gasteiger partial charge on any atom is 0.410 e. The van der Waals surface area contributed by atoms with Crippen molar-refractivity contribution in [2.45, 2.75) is 65.5 Å². The minimum absolute atomic E-state index is 0.125. The fraction of sp³-hybridized carbons (Fsp3) is 0.500. The molecule has 0 spiro atoms. The van der Waals surface area contributed by atoms with Gasteiger partial charge in [-0.3, -0.25) is 0 Å². The number of nitrogens with one attached hydrogen (secondary N) is 1. The van der Waals surface area contributed by atoms with Crippen molar-refractivity contribution in [2.24, 2.45) is 5.92 Å². The van der Waals surface area contributed by atoms with Crippen molar-refractivity contribution in [1.82, 2.24) is 19.7 Å². The summed E-state index contributed by atoms with van der Waals surface area (Å²) in [4.78, 5) is 19.2. The zero-order valence-corrected chi connectivity index (χ0v) is 20.6. The Balaban J connectivity index is 1.60. The predicted octanol–water partition coefficient (Wildman–Crippen LogP) is 5.71. The molecule has 0 saturated carbocycles. The topological polar surface area (TPSA) is 72.3 Å². The van der Waals surface area contributed by atoms with E-state index in [0.29, 0.717) is 13.1 Å². The molecule has 182 valence electrons. The molecule has 1 amide bonds. The highest BCUT2D eigenvalue weighted by atomic mass is 19.1. The number of amides is 1. The average molecular weight is 468 g/mol. The van der Waals surface area contributed by atoms with Crippen LogP contribution in [0, 0.1) is 18.7 Å². The Kier molecular flexibility index (Phi) is 6.77. The number of aryl methyl sites for hydroxylation is 1. The predicted molar refractivity (Wildman–Crippen MR) is 132 cm³/mol. The number of aromatic nitrogens is 3. The van der Waals surface area contributed by atoms with Crippen molar-refractivity contribution in [3.05, 3.63) is 48.0 Å². The number of hydrogen-bond acceptors (Lipinski definition) is 5. The second-order valence-electron chi connectivity index (χ2n) is 10.1. The fourth-order valence-corrected chi connectivity index (χ4v) is 4.60. The van der Waals surface area contributed by atoms with Crippen LogP contribution in [0.2, 0.25) is 0 Å². The van der Waals surface area contributed by atoms with E-state index in [0.717, 1.165) is 47.2 Å². The van der Waals surface area contributed by atoms with Crippen LogP contribution in [-0.4, -0.2) is 50.5 Å². The molecule has 3 heterocycles. The minimum atomic E-state index is -0.511. The molecule has 2 aromatic heterocycles. The lowest BCUT2D eigenvalue weighted by Gasteiger charge is -2.37. The van der Waals surface area contributed by atoms with Gasteiger partial charge in [-0.2, -0.15) is 5.10 Å². The summed E-state index contributed by atoms with van der Waals surface area (Å²) < 4.78 is 20.9. The van der Waals surface area contributed by atoms with Gasteiger partial charge in [-0.05, 0) is 82.7 Å². The lowest BCUT2D eigenvalue weighted by molar-refractivity contribution is 0.0155. The Hall–Kier alpha value is -3.16. The summed E-state index contributed by atoms with van der Waals surface area (Å²) >= 11 is 0. The first-order chi connectivity index (χ1) is 16.2. The first-order valence-corrected chi connectivity index (χ1v) is 12.0. The van der Waals surface area contributed by atoms with E-state index in [1.165, 1.54) is 12.1 Å². The second-order valence-corrected chi connectivity index (χ2v) is 10.1. The summed E-state index contributed by atoms with van der Waals surface area (Å²) in [7, 11) is 0. The number of benzene rings is 1.